The summed E-state index contributed by atoms with van der Waals surface area (Å²) >= 11 is 0. The Labute approximate surface area is 131 Å². The first-order valence-electron chi connectivity index (χ1n) is 7.49. The van der Waals surface area contributed by atoms with Crippen LogP contribution < -0.4 is 0 Å². The van der Waals surface area contributed by atoms with Gasteiger partial charge in [-0.05, 0) is 27.7 Å². The van der Waals surface area contributed by atoms with Crippen LogP contribution in [0.25, 0.3) is 0 Å². The highest BCUT2D eigenvalue weighted by Crippen LogP contribution is 2.29. The predicted molar refractivity (Wildman–Crippen MR) is 84.2 cm³/mol. The van der Waals surface area contributed by atoms with E-state index >= 15 is 0 Å². The number of hydrogen-bond acceptors (Lipinski definition) is 6. The second kappa shape index (κ2) is 6.50. The number of ether oxygens (including phenoxy) is 2. The summed E-state index contributed by atoms with van der Waals surface area (Å²) in [5.74, 6) is 0.580. The average Bonchev–Trinajstić information content (AvgIpc) is 2.73. The molecule has 6 heteroatoms. The first-order chi connectivity index (χ1) is 10.2. The van der Waals surface area contributed by atoms with Crippen LogP contribution in [-0.4, -0.2) is 58.4 Å². The molecule has 0 spiro atoms. The number of fused-ring (bicyclic) bond motifs is 1. The van der Waals surface area contributed by atoms with Crippen LogP contribution in [0.15, 0.2) is 28.8 Å². The lowest BCUT2D eigenvalue weighted by Gasteiger charge is -2.36. The minimum atomic E-state index is -1.13. The third-order valence-corrected chi connectivity index (χ3v) is 3.58. The number of amidine groups is 1. The molecule has 2 aliphatic rings. The number of aliphatic hydroxyl groups excluding tert-OH is 2. The molecule has 0 fully saturated rings. The van der Waals surface area contributed by atoms with E-state index in [2.05, 4.69) is 4.99 Å². The molecule has 0 radical (unpaired) electrons. The molecule has 6 nitrogen and oxygen atoms in total. The topological polar surface area (TPSA) is 74.5 Å². The highest BCUT2D eigenvalue weighted by molar-refractivity contribution is 5.86. The summed E-state index contributed by atoms with van der Waals surface area (Å²) in [5.41, 5.74) is 0.636. The number of hydrogen-bond donors (Lipinski definition) is 2. The third-order valence-electron chi connectivity index (χ3n) is 3.58. The Morgan fingerprint density at radius 2 is 2.05 bits per heavy atom. The van der Waals surface area contributed by atoms with Gasteiger partial charge in [0, 0.05) is 7.11 Å². The lowest BCUT2D eigenvalue weighted by Crippen LogP contribution is -2.50. The quantitative estimate of drug-likeness (QED) is 0.751. The van der Waals surface area contributed by atoms with Crippen LogP contribution in [0.5, 0.6) is 0 Å². The Kier molecular flexibility index (Phi) is 5.07. The minimum absolute atomic E-state index is 0.0812. The molecule has 2 rings (SSSR count). The fraction of sp³-hybridized carbons (Fsp3) is 0.688. The van der Waals surface area contributed by atoms with Gasteiger partial charge >= 0.3 is 0 Å². The van der Waals surface area contributed by atoms with Crippen molar-refractivity contribution < 1.29 is 19.7 Å². The van der Waals surface area contributed by atoms with Crippen LogP contribution in [0.3, 0.4) is 0 Å². The summed E-state index contributed by atoms with van der Waals surface area (Å²) in [4.78, 5) is 6.32. The van der Waals surface area contributed by atoms with Gasteiger partial charge < -0.3 is 24.6 Å². The zero-order valence-electron chi connectivity index (χ0n) is 13.9. The van der Waals surface area contributed by atoms with Crippen LogP contribution in [-0.2, 0) is 9.47 Å². The number of nitrogens with zero attached hydrogens (tertiary/aromatic N) is 2. The van der Waals surface area contributed by atoms with Crippen LogP contribution in [0.4, 0.5) is 0 Å². The summed E-state index contributed by atoms with van der Waals surface area (Å²) in [5, 5.41) is 20.2. The first-order valence-corrected chi connectivity index (χ1v) is 7.49. The van der Waals surface area contributed by atoms with E-state index in [0.29, 0.717) is 5.84 Å². The molecule has 0 saturated heterocycles. The average molecular weight is 310 g/mol. The molecule has 1 aliphatic carbocycles. The molecule has 1 aliphatic heterocycles. The van der Waals surface area contributed by atoms with Gasteiger partial charge in [-0.1, -0.05) is 23.8 Å². The van der Waals surface area contributed by atoms with Crippen molar-refractivity contribution in [2.75, 3.05) is 7.11 Å². The second-order valence-corrected chi connectivity index (χ2v) is 6.65. The number of aliphatic hydroxyl groups is 2. The summed E-state index contributed by atoms with van der Waals surface area (Å²) < 4.78 is 10.6. The lowest BCUT2D eigenvalue weighted by atomic mass is 9.99. The summed E-state index contributed by atoms with van der Waals surface area (Å²) in [7, 11) is 1.43. The van der Waals surface area contributed by atoms with Gasteiger partial charge in [0.2, 0.25) is 6.41 Å². The Morgan fingerprint density at radius 3 is 2.64 bits per heavy atom. The van der Waals surface area contributed by atoms with Crippen LogP contribution in [0, 0.1) is 0 Å². The van der Waals surface area contributed by atoms with Crippen LogP contribution in [0.1, 0.15) is 34.1 Å². The Morgan fingerprint density at radius 1 is 1.36 bits per heavy atom. The summed E-state index contributed by atoms with van der Waals surface area (Å²) in [6.45, 7) is 7.65. The van der Waals surface area contributed by atoms with E-state index in [1.807, 2.05) is 45.9 Å². The fourth-order valence-corrected chi connectivity index (χ4v) is 2.61. The molecule has 0 bridgehead atoms. The van der Waals surface area contributed by atoms with E-state index in [1.54, 1.807) is 4.90 Å². The van der Waals surface area contributed by atoms with Crippen molar-refractivity contribution in [2.45, 2.75) is 64.5 Å². The van der Waals surface area contributed by atoms with Gasteiger partial charge in [0.15, 0.2) is 6.29 Å². The van der Waals surface area contributed by atoms with Crippen molar-refractivity contribution in [3.63, 3.8) is 0 Å². The zero-order chi connectivity index (χ0) is 16.5. The monoisotopic (exact) mass is 310 g/mol. The maximum absolute atomic E-state index is 10.5. The van der Waals surface area contributed by atoms with Gasteiger partial charge in [-0.3, -0.25) is 4.99 Å². The van der Waals surface area contributed by atoms with E-state index in [1.165, 1.54) is 7.11 Å². The highest BCUT2D eigenvalue weighted by Gasteiger charge is 2.40. The number of allylic oxidation sites excluding steroid dienone is 2. The lowest BCUT2D eigenvalue weighted by molar-refractivity contribution is -0.224. The minimum Gasteiger partial charge on any atom is -0.368 e. The predicted octanol–water partition coefficient (Wildman–Crippen LogP) is 1.40. The standard InChI is InChI=1S/C16H26N2O4/c1-10-6-7-12-11(8-10)17-13(9-14(19)21-5)18(12)15(20)22-16(2,3)4/h6-8,11-12,14-15,19-20H,9H2,1-5H3/t11?,12-,14-,15+/m1/s1. The Balaban J connectivity index is 2.23. The molecule has 124 valence electrons. The maximum atomic E-state index is 10.5. The number of aliphatic imine (C=N–C) groups is 1. The van der Waals surface area contributed by atoms with E-state index < -0.39 is 18.3 Å². The number of methoxy groups -OCH3 is 1. The SMILES string of the molecule is CO[C@@H](O)CC1=NC2C=C(C)C=C[C@H]2N1[C@@H](O)OC(C)(C)C. The molecular formula is C16H26N2O4. The summed E-state index contributed by atoms with van der Waals surface area (Å²) in [6, 6.07) is -0.192. The zero-order valence-corrected chi connectivity index (χ0v) is 13.9. The van der Waals surface area contributed by atoms with Gasteiger partial charge in [-0.2, -0.15) is 0 Å². The third kappa shape index (κ3) is 3.95. The van der Waals surface area contributed by atoms with Crippen molar-refractivity contribution >= 4 is 5.84 Å². The highest BCUT2D eigenvalue weighted by atomic mass is 16.6. The molecule has 4 atom stereocenters. The smallest absolute Gasteiger partial charge is 0.239 e. The Bertz CT molecular complexity index is 493. The fourth-order valence-electron chi connectivity index (χ4n) is 2.61. The van der Waals surface area contributed by atoms with Crippen LogP contribution >= 0.6 is 0 Å². The van der Waals surface area contributed by atoms with Gasteiger partial charge in [0.1, 0.15) is 5.84 Å². The van der Waals surface area contributed by atoms with Crippen molar-refractivity contribution in [3.05, 3.63) is 23.8 Å². The number of rotatable bonds is 5. The molecule has 1 heterocycles. The van der Waals surface area contributed by atoms with Gasteiger partial charge in [-0.15, -0.1) is 0 Å². The Hall–Kier alpha value is -1.21. The molecule has 22 heavy (non-hydrogen) atoms. The van der Waals surface area contributed by atoms with Crippen molar-refractivity contribution in [1.82, 2.24) is 4.90 Å². The second-order valence-electron chi connectivity index (χ2n) is 6.65. The van der Waals surface area contributed by atoms with E-state index in [4.69, 9.17) is 9.47 Å². The van der Waals surface area contributed by atoms with E-state index in [9.17, 15) is 10.2 Å². The molecule has 0 saturated carbocycles. The first kappa shape index (κ1) is 17.1. The molecule has 1 unspecified atom stereocenters. The van der Waals surface area contributed by atoms with Crippen molar-refractivity contribution in [3.8, 4) is 0 Å². The van der Waals surface area contributed by atoms with E-state index in [0.717, 1.165) is 5.57 Å². The van der Waals surface area contributed by atoms with Gasteiger partial charge in [0.05, 0.1) is 24.1 Å². The van der Waals surface area contributed by atoms with Gasteiger partial charge in [-0.25, -0.2) is 0 Å². The van der Waals surface area contributed by atoms with E-state index in [-0.39, 0.29) is 18.5 Å². The largest absolute Gasteiger partial charge is 0.368 e. The molecule has 0 aromatic carbocycles. The van der Waals surface area contributed by atoms with Crippen molar-refractivity contribution in [2.24, 2.45) is 4.99 Å². The molecule has 0 aromatic rings. The molecular weight excluding hydrogens is 284 g/mol. The molecule has 0 aromatic heterocycles. The van der Waals surface area contributed by atoms with Crippen LogP contribution in [0.2, 0.25) is 0 Å². The van der Waals surface area contributed by atoms with Gasteiger partial charge in [0.25, 0.3) is 0 Å². The normalized spacial score (nSPS) is 27.3. The van der Waals surface area contributed by atoms with Crippen molar-refractivity contribution in [1.29, 1.82) is 0 Å². The molecule has 0 amide bonds. The summed E-state index contributed by atoms with van der Waals surface area (Å²) in [6.07, 6.45) is 4.17. The maximum Gasteiger partial charge on any atom is 0.239 e. The molecule has 2 N–H and O–H groups in total.